The molecule has 2 saturated heterocycles. The van der Waals surface area contributed by atoms with Crippen LogP contribution >= 0.6 is 11.3 Å². The molecule has 0 aromatic carbocycles. The van der Waals surface area contributed by atoms with E-state index >= 15 is 0 Å². The van der Waals surface area contributed by atoms with E-state index in [0.29, 0.717) is 32.1 Å². The summed E-state index contributed by atoms with van der Waals surface area (Å²) in [6, 6.07) is 4.19. The SMILES string of the molecule is Cc1ccc(C(=O)N2CC(N3CC(C(=O)NC4CC4)CC3=O)C2)s1. The summed E-state index contributed by atoms with van der Waals surface area (Å²) in [6.07, 6.45) is 2.41. The zero-order valence-electron chi connectivity index (χ0n) is 13.7. The van der Waals surface area contributed by atoms with E-state index in [1.165, 1.54) is 11.3 Å². The first-order valence-corrected chi connectivity index (χ1v) is 9.28. The monoisotopic (exact) mass is 347 g/mol. The number of likely N-dealkylation sites (tertiary alicyclic amines) is 2. The molecule has 4 rings (SSSR count). The van der Waals surface area contributed by atoms with E-state index in [9.17, 15) is 14.4 Å². The second kappa shape index (κ2) is 5.88. The largest absolute Gasteiger partial charge is 0.353 e. The summed E-state index contributed by atoms with van der Waals surface area (Å²) >= 11 is 1.50. The highest BCUT2D eigenvalue weighted by molar-refractivity contribution is 7.13. The molecule has 1 aromatic rings. The van der Waals surface area contributed by atoms with Crippen molar-refractivity contribution in [3.8, 4) is 0 Å². The smallest absolute Gasteiger partial charge is 0.264 e. The van der Waals surface area contributed by atoms with Crippen LogP contribution in [0.1, 0.15) is 33.8 Å². The van der Waals surface area contributed by atoms with Crippen molar-refractivity contribution in [2.75, 3.05) is 19.6 Å². The van der Waals surface area contributed by atoms with Gasteiger partial charge in [0.1, 0.15) is 0 Å². The van der Waals surface area contributed by atoms with Crippen LogP contribution in [0.5, 0.6) is 0 Å². The molecule has 6 nitrogen and oxygen atoms in total. The van der Waals surface area contributed by atoms with Gasteiger partial charge in [-0.3, -0.25) is 14.4 Å². The maximum Gasteiger partial charge on any atom is 0.264 e. The minimum absolute atomic E-state index is 0.00895. The molecule has 1 unspecified atom stereocenters. The summed E-state index contributed by atoms with van der Waals surface area (Å²) in [6.45, 7) is 3.61. The number of thiophene rings is 1. The van der Waals surface area contributed by atoms with Crippen molar-refractivity contribution < 1.29 is 14.4 Å². The lowest BCUT2D eigenvalue weighted by atomic mass is 10.1. The first-order valence-electron chi connectivity index (χ1n) is 8.47. The summed E-state index contributed by atoms with van der Waals surface area (Å²) in [7, 11) is 0. The third kappa shape index (κ3) is 2.92. The van der Waals surface area contributed by atoms with Crippen LogP contribution < -0.4 is 5.32 Å². The van der Waals surface area contributed by atoms with Crippen LogP contribution in [0.25, 0.3) is 0 Å². The maximum absolute atomic E-state index is 12.4. The van der Waals surface area contributed by atoms with Crippen LogP contribution in [0, 0.1) is 12.8 Å². The highest BCUT2D eigenvalue weighted by Crippen LogP contribution is 2.28. The molecule has 1 atom stereocenters. The molecule has 24 heavy (non-hydrogen) atoms. The summed E-state index contributed by atoms with van der Waals surface area (Å²) in [4.78, 5) is 42.1. The average Bonchev–Trinajstić information content (AvgIpc) is 3.07. The molecule has 7 heteroatoms. The molecular weight excluding hydrogens is 326 g/mol. The summed E-state index contributed by atoms with van der Waals surface area (Å²) in [5.41, 5.74) is 0. The molecule has 1 aliphatic carbocycles. The number of nitrogens with zero attached hydrogens (tertiary/aromatic N) is 2. The Hall–Kier alpha value is -1.89. The normalized spacial score (nSPS) is 24.2. The molecule has 3 aliphatic rings. The van der Waals surface area contributed by atoms with Crippen LogP contribution in [0.3, 0.4) is 0 Å². The fourth-order valence-electron chi connectivity index (χ4n) is 3.33. The van der Waals surface area contributed by atoms with Crippen LogP contribution in [0.2, 0.25) is 0 Å². The Labute approximate surface area is 144 Å². The zero-order chi connectivity index (χ0) is 16.8. The molecule has 1 saturated carbocycles. The van der Waals surface area contributed by atoms with Gasteiger partial charge in [0.05, 0.1) is 16.8 Å². The first-order chi connectivity index (χ1) is 11.5. The van der Waals surface area contributed by atoms with E-state index in [1.807, 2.05) is 19.1 Å². The van der Waals surface area contributed by atoms with Gasteiger partial charge in [-0.2, -0.15) is 0 Å². The van der Waals surface area contributed by atoms with Crippen molar-refractivity contribution in [3.05, 3.63) is 21.9 Å². The van der Waals surface area contributed by atoms with Crippen molar-refractivity contribution in [1.82, 2.24) is 15.1 Å². The molecule has 0 radical (unpaired) electrons. The Kier molecular flexibility index (Phi) is 3.83. The molecule has 3 heterocycles. The second-order valence-corrected chi connectivity index (χ2v) is 8.29. The van der Waals surface area contributed by atoms with Gasteiger partial charge in [0.25, 0.3) is 5.91 Å². The standard InChI is InChI=1S/C17H21N3O3S/c1-10-2-5-14(24-10)17(23)19-8-13(9-19)20-7-11(6-15(20)21)16(22)18-12-3-4-12/h2,5,11-13H,3-4,6-9H2,1H3,(H,18,22). The van der Waals surface area contributed by atoms with E-state index in [0.717, 1.165) is 22.6 Å². The number of aryl methyl sites for hydroxylation is 1. The number of carbonyl (C=O) groups is 3. The number of carbonyl (C=O) groups excluding carboxylic acids is 3. The van der Waals surface area contributed by atoms with Gasteiger partial charge >= 0.3 is 0 Å². The minimum Gasteiger partial charge on any atom is -0.353 e. The number of amides is 3. The van der Waals surface area contributed by atoms with Gasteiger partial charge in [0, 0.05) is 37.0 Å². The average molecular weight is 347 g/mol. The molecule has 1 N–H and O–H groups in total. The Morgan fingerprint density at radius 2 is 1.96 bits per heavy atom. The number of rotatable bonds is 4. The van der Waals surface area contributed by atoms with Crippen LogP contribution in [-0.4, -0.2) is 59.2 Å². The van der Waals surface area contributed by atoms with E-state index in [1.54, 1.807) is 9.80 Å². The highest BCUT2D eigenvalue weighted by atomic mass is 32.1. The van der Waals surface area contributed by atoms with Crippen molar-refractivity contribution >= 4 is 29.1 Å². The first kappa shape index (κ1) is 15.6. The fourth-order valence-corrected chi connectivity index (χ4v) is 4.17. The van der Waals surface area contributed by atoms with Crippen molar-refractivity contribution in [2.24, 2.45) is 5.92 Å². The topological polar surface area (TPSA) is 69.7 Å². The summed E-state index contributed by atoms with van der Waals surface area (Å²) in [5.74, 6) is -0.147. The fraction of sp³-hybridized carbons (Fsp3) is 0.588. The third-order valence-corrected chi connectivity index (χ3v) is 5.98. The predicted octanol–water partition coefficient (Wildman–Crippen LogP) is 1.01. The van der Waals surface area contributed by atoms with Crippen LogP contribution in [-0.2, 0) is 9.59 Å². The number of nitrogens with one attached hydrogen (secondary N) is 1. The maximum atomic E-state index is 12.4. The zero-order valence-corrected chi connectivity index (χ0v) is 14.5. The van der Waals surface area contributed by atoms with Gasteiger partial charge in [0.15, 0.2) is 0 Å². The third-order valence-electron chi connectivity index (χ3n) is 4.99. The van der Waals surface area contributed by atoms with Gasteiger partial charge in [-0.05, 0) is 31.9 Å². The molecule has 2 aliphatic heterocycles. The van der Waals surface area contributed by atoms with Crippen molar-refractivity contribution in [2.45, 2.75) is 38.3 Å². The van der Waals surface area contributed by atoms with Crippen molar-refractivity contribution in [1.29, 1.82) is 0 Å². The molecule has 1 aromatic heterocycles. The molecule has 0 spiro atoms. The predicted molar refractivity (Wildman–Crippen MR) is 89.7 cm³/mol. The summed E-state index contributed by atoms with van der Waals surface area (Å²) in [5, 5.41) is 2.98. The van der Waals surface area contributed by atoms with E-state index in [2.05, 4.69) is 5.32 Å². The number of hydrogen-bond acceptors (Lipinski definition) is 4. The molecule has 128 valence electrons. The van der Waals surface area contributed by atoms with Crippen molar-refractivity contribution in [3.63, 3.8) is 0 Å². The van der Waals surface area contributed by atoms with Gasteiger partial charge in [-0.1, -0.05) is 0 Å². The second-order valence-electron chi connectivity index (χ2n) is 7.00. The lowest BCUT2D eigenvalue weighted by molar-refractivity contribution is -0.132. The minimum atomic E-state index is -0.234. The van der Waals surface area contributed by atoms with E-state index < -0.39 is 0 Å². The van der Waals surface area contributed by atoms with Gasteiger partial charge in [-0.25, -0.2) is 0 Å². The van der Waals surface area contributed by atoms with Gasteiger partial charge < -0.3 is 15.1 Å². The van der Waals surface area contributed by atoms with Crippen LogP contribution in [0.4, 0.5) is 0 Å². The molecule has 3 fully saturated rings. The Morgan fingerprint density at radius 3 is 2.58 bits per heavy atom. The molecular formula is C17H21N3O3S. The summed E-state index contributed by atoms with van der Waals surface area (Å²) < 4.78 is 0. The van der Waals surface area contributed by atoms with E-state index in [4.69, 9.17) is 0 Å². The lowest BCUT2D eigenvalue weighted by Gasteiger charge is -2.43. The number of hydrogen-bond donors (Lipinski definition) is 1. The lowest BCUT2D eigenvalue weighted by Crippen LogP contribution is -2.61. The Bertz CT molecular complexity index is 691. The molecule has 3 amide bonds. The van der Waals surface area contributed by atoms with Gasteiger partial charge in [-0.15, -0.1) is 11.3 Å². The quantitative estimate of drug-likeness (QED) is 0.884. The van der Waals surface area contributed by atoms with Gasteiger partial charge in [0.2, 0.25) is 11.8 Å². The Morgan fingerprint density at radius 1 is 1.21 bits per heavy atom. The van der Waals surface area contributed by atoms with Crippen LogP contribution in [0.15, 0.2) is 12.1 Å². The van der Waals surface area contributed by atoms with E-state index in [-0.39, 0.29) is 29.7 Å². The Balaban J connectivity index is 1.31. The highest BCUT2D eigenvalue weighted by Gasteiger charge is 2.44. The molecule has 0 bridgehead atoms.